The van der Waals surface area contributed by atoms with Gasteiger partial charge in [-0.05, 0) is 33.8 Å². The quantitative estimate of drug-likeness (QED) is 0.661. The second kappa shape index (κ2) is 5.57. The highest BCUT2D eigenvalue weighted by Gasteiger charge is 2.52. The molecule has 1 aromatic rings. The van der Waals surface area contributed by atoms with E-state index in [1.807, 2.05) is 27.7 Å². The van der Waals surface area contributed by atoms with Gasteiger partial charge in [-0.3, -0.25) is 0 Å². The lowest BCUT2D eigenvalue weighted by atomic mass is 9.79. The van der Waals surface area contributed by atoms with Crippen molar-refractivity contribution in [3.63, 3.8) is 0 Å². The van der Waals surface area contributed by atoms with Crippen molar-refractivity contribution in [2.45, 2.75) is 45.2 Å². The summed E-state index contributed by atoms with van der Waals surface area (Å²) in [6.45, 7) is 7.92. The van der Waals surface area contributed by atoms with Gasteiger partial charge in [-0.1, -0.05) is 0 Å². The van der Waals surface area contributed by atoms with E-state index in [1.165, 1.54) is 14.2 Å². The molecule has 0 aliphatic carbocycles. The van der Waals surface area contributed by atoms with E-state index < -0.39 is 24.6 Å². The average Bonchev–Trinajstić information content (AvgIpc) is 2.66. The number of rotatable bonds is 4. The summed E-state index contributed by atoms with van der Waals surface area (Å²) < 4.78 is 22.0. The van der Waals surface area contributed by atoms with E-state index in [9.17, 15) is 5.11 Å². The fraction of sp³-hybridized carbons (Fsp3) is 0.643. The molecule has 21 heavy (non-hydrogen) atoms. The zero-order chi connectivity index (χ0) is 15.8. The van der Waals surface area contributed by atoms with Crippen LogP contribution in [0, 0.1) is 0 Å². The molecule has 0 saturated carbocycles. The average molecular weight is 295 g/mol. The molecule has 1 aliphatic rings. The van der Waals surface area contributed by atoms with Gasteiger partial charge in [-0.2, -0.15) is 0 Å². The molecule has 1 saturated heterocycles. The zero-order valence-corrected chi connectivity index (χ0v) is 13.3. The Balaban J connectivity index is 2.34. The number of pyridine rings is 1. The standard InChI is InChI=1S/C14H22BNO5/c1-13(2)14(3,4)21-15(20-13)9-7-10(12(17)19-6)11(18-5)16-8-9/h7-8,12,17H,1-6H3. The Hall–Kier alpha value is -1.15. The first kappa shape index (κ1) is 16.2. The van der Waals surface area contributed by atoms with Crippen LogP contribution in [-0.2, 0) is 14.0 Å². The van der Waals surface area contributed by atoms with Crippen LogP contribution in [0.5, 0.6) is 5.88 Å². The molecule has 1 unspecified atom stereocenters. The third kappa shape index (κ3) is 2.92. The Morgan fingerprint density at radius 2 is 1.76 bits per heavy atom. The molecule has 0 aromatic carbocycles. The summed E-state index contributed by atoms with van der Waals surface area (Å²) >= 11 is 0. The van der Waals surface area contributed by atoms with Crippen LogP contribution in [-0.4, -0.2) is 42.6 Å². The Kier molecular flexibility index (Phi) is 4.30. The van der Waals surface area contributed by atoms with Crippen LogP contribution in [0.4, 0.5) is 0 Å². The van der Waals surface area contributed by atoms with Crippen molar-refractivity contribution in [1.82, 2.24) is 4.98 Å². The topological polar surface area (TPSA) is 70.0 Å². The monoisotopic (exact) mass is 295 g/mol. The Bertz CT molecular complexity index is 504. The molecular weight excluding hydrogens is 273 g/mol. The lowest BCUT2D eigenvalue weighted by molar-refractivity contribution is -0.0783. The number of hydrogen-bond donors (Lipinski definition) is 1. The van der Waals surface area contributed by atoms with Crippen LogP contribution in [0.15, 0.2) is 12.3 Å². The second-order valence-corrected chi connectivity index (χ2v) is 6.04. The molecule has 1 N–H and O–H groups in total. The van der Waals surface area contributed by atoms with Crippen molar-refractivity contribution < 1.29 is 23.9 Å². The third-order valence-corrected chi connectivity index (χ3v) is 4.11. The first-order chi connectivity index (χ1) is 9.71. The van der Waals surface area contributed by atoms with Crippen LogP contribution in [0.2, 0.25) is 0 Å². The maximum atomic E-state index is 9.89. The summed E-state index contributed by atoms with van der Waals surface area (Å²) in [5.74, 6) is 0.310. The molecule has 1 aromatic heterocycles. The fourth-order valence-electron chi connectivity index (χ4n) is 2.07. The molecule has 0 amide bonds. The van der Waals surface area contributed by atoms with Gasteiger partial charge in [0.1, 0.15) is 0 Å². The number of aromatic nitrogens is 1. The van der Waals surface area contributed by atoms with Crippen LogP contribution in [0.1, 0.15) is 39.5 Å². The van der Waals surface area contributed by atoms with Crippen molar-refractivity contribution >= 4 is 12.6 Å². The van der Waals surface area contributed by atoms with Crippen molar-refractivity contribution in [3.8, 4) is 5.88 Å². The maximum Gasteiger partial charge on any atom is 0.496 e. The zero-order valence-electron chi connectivity index (χ0n) is 13.3. The Labute approximate surface area is 125 Å². The summed E-state index contributed by atoms with van der Waals surface area (Å²) in [7, 11) is 2.35. The van der Waals surface area contributed by atoms with E-state index in [0.29, 0.717) is 16.9 Å². The molecule has 116 valence electrons. The minimum atomic E-state index is -1.12. The van der Waals surface area contributed by atoms with Crippen LogP contribution in [0.3, 0.4) is 0 Å². The second-order valence-electron chi connectivity index (χ2n) is 6.04. The molecule has 1 aliphatic heterocycles. The number of aliphatic hydroxyl groups is 1. The predicted molar refractivity (Wildman–Crippen MR) is 78.5 cm³/mol. The summed E-state index contributed by atoms with van der Waals surface area (Å²) in [5.41, 5.74) is 0.280. The molecular formula is C14H22BNO5. The fourth-order valence-corrected chi connectivity index (χ4v) is 2.07. The summed E-state index contributed by atoms with van der Waals surface area (Å²) in [4.78, 5) is 4.18. The van der Waals surface area contributed by atoms with Crippen molar-refractivity contribution in [3.05, 3.63) is 17.8 Å². The van der Waals surface area contributed by atoms with Crippen LogP contribution in [0.25, 0.3) is 0 Å². The van der Waals surface area contributed by atoms with Gasteiger partial charge >= 0.3 is 7.12 Å². The van der Waals surface area contributed by atoms with Crippen LogP contribution >= 0.6 is 0 Å². The van der Waals surface area contributed by atoms with Gasteiger partial charge in [0, 0.05) is 18.8 Å². The van der Waals surface area contributed by atoms with Crippen LogP contribution < -0.4 is 10.2 Å². The molecule has 6 nitrogen and oxygen atoms in total. The third-order valence-electron chi connectivity index (χ3n) is 4.11. The lowest BCUT2D eigenvalue weighted by Crippen LogP contribution is -2.41. The number of nitrogens with zero attached hydrogens (tertiary/aromatic N) is 1. The summed E-state index contributed by atoms with van der Waals surface area (Å²) in [5, 5.41) is 9.89. The normalized spacial score (nSPS) is 21.4. The Morgan fingerprint density at radius 1 is 1.19 bits per heavy atom. The van der Waals surface area contributed by atoms with Gasteiger partial charge in [0.25, 0.3) is 0 Å². The number of hydrogen-bond acceptors (Lipinski definition) is 6. The molecule has 1 atom stereocenters. The van der Waals surface area contributed by atoms with Gasteiger partial charge in [0.05, 0.1) is 23.9 Å². The molecule has 0 bridgehead atoms. The first-order valence-electron chi connectivity index (χ1n) is 6.82. The first-order valence-corrected chi connectivity index (χ1v) is 6.82. The largest absolute Gasteiger partial charge is 0.496 e. The molecule has 2 rings (SSSR count). The molecule has 0 spiro atoms. The smallest absolute Gasteiger partial charge is 0.481 e. The highest BCUT2D eigenvalue weighted by atomic mass is 16.7. The van der Waals surface area contributed by atoms with Crippen molar-refractivity contribution in [1.29, 1.82) is 0 Å². The predicted octanol–water partition coefficient (Wildman–Crippen LogP) is 1.03. The van der Waals surface area contributed by atoms with Gasteiger partial charge in [-0.15, -0.1) is 0 Å². The molecule has 1 fully saturated rings. The lowest BCUT2D eigenvalue weighted by Gasteiger charge is -2.32. The number of ether oxygens (including phenoxy) is 2. The SMILES string of the molecule is COc1ncc(B2OC(C)(C)C(C)(C)O2)cc1C(O)OC. The highest BCUT2D eigenvalue weighted by Crippen LogP contribution is 2.36. The Morgan fingerprint density at radius 3 is 2.24 bits per heavy atom. The van der Waals surface area contributed by atoms with Crippen molar-refractivity contribution in [2.75, 3.05) is 14.2 Å². The summed E-state index contributed by atoms with van der Waals surface area (Å²) in [6, 6.07) is 1.72. The number of methoxy groups -OCH3 is 2. The summed E-state index contributed by atoms with van der Waals surface area (Å²) in [6.07, 6.45) is 0.502. The van der Waals surface area contributed by atoms with Gasteiger partial charge < -0.3 is 23.9 Å². The van der Waals surface area contributed by atoms with E-state index >= 15 is 0 Å². The van der Waals surface area contributed by atoms with Gasteiger partial charge in [-0.25, -0.2) is 4.98 Å². The van der Waals surface area contributed by atoms with Gasteiger partial charge in [0.15, 0.2) is 6.29 Å². The van der Waals surface area contributed by atoms with Gasteiger partial charge in [0.2, 0.25) is 5.88 Å². The van der Waals surface area contributed by atoms with E-state index in [0.717, 1.165) is 0 Å². The molecule has 0 radical (unpaired) electrons. The van der Waals surface area contributed by atoms with Crippen molar-refractivity contribution in [2.24, 2.45) is 0 Å². The maximum absolute atomic E-state index is 9.89. The molecule has 7 heteroatoms. The minimum absolute atomic E-state index is 0.310. The van der Waals surface area contributed by atoms with E-state index in [4.69, 9.17) is 18.8 Å². The van der Waals surface area contributed by atoms with E-state index in [-0.39, 0.29) is 0 Å². The molecule has 2 heterocycles. The number of aliphatic hydroxyl groups excluding tert-OH is 1. The van der Waals surface area contributed by atoms with E-state index in [1.54, 1.807) is 12.3 Å². The minimum Gasteiger partial charge on any atom is -0.481 e. The van der Waals surface area contributed by atoms with E-state index in [2.05, 4.69) is 4.98 Å². The highest BCUT2D eigenvalue weighted by molar-refractivity contribution is 6.62.